The number of nitrogens with zero attached hydrogens (tertiary/aromatic N) is 2. The van der Waals surface area contributed by atoms with E-state index in [4.69, 9.17) is 26.6 Å². The van der Waals surface area contributed by atoms with Crippen LogP contribution in [0.3, 0.4) is 0 Å². The molecule has 1 aliphatic heterocycles. The zero-order valence-electron chi connectivity index (χ0n) is 11.2. The normalized spacial score (nSPS) is 19.4. The van der Waals surface area contributed by atoms with Crippen LogP contribution in [0.15, 0.2) is 28.8 Å². The number of nitrogen functional groups attached to an aromatic ring is 1. The highest BCUT2D eigenvalue weighted by molar-refractivity contribution is 6.32. The predicted molar refractivity (Wildman–Crippen MR) is 77.9 cm³/mol. The standard InChI is InChI=1S/C14H16ClN3O2/c1-18-5-4-10(8-18)19-13-3-2-9(6-11(13)15)12-7-14(16)20-17-12/h2-3,6-7,10H,4-5,8,16H2,1H3. The minimum atomic E-state index is 0.200. The van der Waals surface area contributed by atoms with Gasteiger partial charge in [0.2, 0.25) is 5.88 Å². The molecule has 0 spiro atoms. The molecular weight excluding hydrogens is 278 g/mol. The van der Waals surface area contributed by atoms with E-state index >= 15 is 0 Å². The van der Waals surface area contributed by atoms with E-state index in [0.29, 0.717) is 16.5 Å². The highest BCUT2D eigenvalue weighted by atomic mass is 35.5. The molecule has 0 saturated carbocycles. The van der Waals surface area contributed by atoms with Gasteiger partial charge in [-0.2, -0.15) is 0 Å². The molecule has 2 N–H and O–H groups in total. The second-order valence-electron chi connectivity index (χ2n) is 5.05. The summed E-state index contributed by atoms with van der Waals surface area (Å²) >= 11 is 6.27. The monoisotopic (exact) mass is 293 g/mol. The molecule has 0 bridgehead atoms. The predicted octanol–water partition coefficient (Wildman–Crippen LogP) is 2.66. The summed E-state index contributed by atoms with van der Waals surface area (Å²) in [5, 5.41) is 4.43. The number of ether oxygens (including phenoxy) is 1. The largest absolute Gasteiger partial charge is 0.487 e. The highest BCUT2D eigenvalue weighted by Gasteiger charge is 2.21. The minimum absolute atomic E-state index is 0.200. The molecule has 0 radical (unpaired) electrons. The van der Waals surface area contributed by atoms with E-state index in [-0.39, 0.29) is 12.0 Å². The Morgan fingerprint density at radius 1 is 1.45 bits per heavy atom. The molecule has 106 valence electrons. The quantitative estimate of drug-likeness (QED) is 0.942. The molecule has 6 heteroatoms. The van der Waals surface area contributed by atoms with Crippen molar-refractivity contribution in [3.63, 3.8) is 0 Å². The fraction of sp³-hybridized carbons (Fsp3) is 0.357. The maximum absolute atomic E-state index is 6.27. The molecule has 1 aromatic heterocycles. The Kier molecular flexibility index (Phi) is 3.54. The molecule has 0 amide bonds. The molecule has 0 aliphatic carbocycles. The summed E-state index contributed by atoms with van der Waals surface area (Å²) in [6, 6.07) is 7.24. The van der Waals surface area contributed by atoms with Gasteiger partial charge in [0, 0.05) is 24.7 Å². The third kappa shape index (κ3) is 2.73. The third-order valence-corrected chi connectivity index (χ3v) is 3.69. The van der Waals surface area contributed by atoms with Crippen LogP contribution in [-0.2, 0) is 0 Å². The molecule has 3 rings (SSSR count). The van der Waals surface area contributed by atoms with E-state index in [1.54, 1.807) is 6.07 Å². The van der Waals surface area contributed by atoms with Crippen molar-refractivity contribution in [3.8, 4) is 17.0 Å². The van der Waals surface area contributed by atoms with Gasteiger partial charge in [-0.05, 0) is 31.7 Å². The Balaban J connectivity index is 1.77. The maximum atomic E-state index is 6.27. The minimum Gasteiger partial charge on any atom is -0.487 e. The van der Waals surface area contributed by atoms with Gasteiger partial charge < -0.3 is 19.9 Å². The Morgan fingerprint density at radius 2 is 2.30 bits per heavy atom. The summed E-state index contributed by atoms with van der Waals surface area (Å²) in [6.45, 7) is 1.98. The van der Waals surface area contributed by atoms with Gasteiger partial charge in [0.1, 0.15) is 17.5 Å². The van der Waals surface area contributed by atoms with Crippen molar-refractivity contribution in [3.05, 3.63) is 29.3 Å². The van der Waals surface area contributed by atoms with E-state index in [9.17, 15) is 0 Å². The zero-order chi connectivity index (χ0) is 14.1. The van der Waals surface area contributed by atoms with Gasteiger partial charge in [-0.15, -0.1) is 0 Å². The summed E-state index contributed by atoms with van der Waals surface area (Å²) in [4.78, 5) is 2.24. The van der Waals surface area contributed by atoms with Crippen LogP contribution in [0.5, 0.6) is 5.75 Å². The third-order valence-electron chi connectivity index (χ3n) is 3.40. The number of nitrogens with two attached hydrogens (primary N) is 1. The Hall–Kier alpha value is -1.72. The molecule has 1 saturated heterocycles. The number of anilines is 1. The number of likely N-dealkylation sites (tertiary alicyclic amines) is 1. The molecule has 1 unspecified atom stereocenters. The van der Waals surface area contributed by atoms with Crippen LogP contribution in [0.1, 0.15) is 6.42 Å². The van der Waals surface area contributed by atoms with Gasteiger partial charge in [0.25, 0.3) is 0 Å². The van der Waals surface area contributed by atoms with Crippen LogP contribution in [-0.4, -0.2) is 36.3 Å². The van der Waals surface area contributed by atoms with Crippen molar-refractivity contribution in [2.45, 2.75) is 12.5 Å². The Labute approximate surface area is 122 Å². The van der Waals surface area contributed by atoms with Gasteiger partial charge >= 0.3 is 0 Å². The van der Waals surface area contributed by atoms with Crippen molar-refractivity contribution < 1.29 is 9.26 Å². The second kappa shape index (κ2) is 5.34. The van der Waals surface area contributed by atoms with Crippen molar-refractivity contribution in [1.29, 1.82) is 0 Å². The van der Waals surface area contributed by atoms with Crippen molar-refractivity contribution in [2.75, 3.05) is 25.9 Å². The van der Waals surface area contributed by atoms with Crippen LogP contribution in [0.25, 0.3) is 11.3 Å². The molecule has 1 aliphatic rings. The van der Waals surface area contributed by atoms with Gasteiger partial charge in [0.05, 0.1) is 5.02 Å². The first-order chi connectivity index (χ1) is 9.61. The lowest BCUT2D eigenvalue weighted by Gasteiger charge is -2.15. The molecule has 2 aromatic rings. The van der Waals surface area contributed by atoms with E-state index in [2.05, 4.69) is 17.1 Å². The second-order valence-corrected chi connectivity index (χ2v) is 5.46. The molecule has 2 heterocycles. The smallest absolute Gasteiger partial charge is 0.222 e. The number of halogens is 1. The number of benzene rings is 1. The fourth-order valence-corrected chi connectivity index (χ4v) is 2.58. The summed E-state index contributed by atoms with van der Waals surface area (Å²) in [6.07, 6.45) is 1.22. The summed E-state index contributed by atoms with van der Waals surface area (Å²) in [5.41, 5.74) is 7.03. The number of likely N-dealkylation sites (N-methyl/N-ethyl adjacent to an activating group) is 1. The highest BCUT2D eigenvalue weighted by Crippen LogP contribution is 2.32. The summed E-state index contributed by atoms with van der Waals surface area (Å²) in [7, 11) is 2.09. The van der Waals surface area contributed by atoms with Crippen LogP contribution in [0.2, 0.25) is 5.02 Å². The average molecular weight is 294 g/mol. The van der Waals surface area contributed by atoms with Crippen LogP contribution in [0.4, 0.5) is 5.88 Å². The number of aromatic nitrogens is 1. The van der Waals surface area contributed by atoms with Crippen LogP contribution in [0, 0.1) is 0 Å². The van der Waals surface area contributed by atoms with Crippen molar-refractivity contribution >= 4 is 17.5 Å². The topological polar surface area (TPSA) is 64.5 Å². The lowest BCUT2D eigenvalue weighted by atomic mass is 10.1. The van der Waals surface area contributed by atoms with E-state index in [0.717, 1.165) is 25.1 Å². The summed E-state index contributed by atoms with van der Waals surface area (Å²) < 4.78 is 10.8. The zero-order valence-corrected chi connectivity index (χ0v) is 11.9. The van der Waals surface area contributed by atoms with E-state index in [1.165, 1.54) is 0 Å². The maximum Gasteiger partial charge on any atom is 0.222 e. The summed E-state index contributed by atoms with van der Waals surface area (Å²) in [5.74, 6) is 0.984. The van der Waals surface area contributed by atoms with Gasteiger partial charge in [-0.25, -0.2) is 0 Å². The molecule has 20 heavy (non-hydrogen) atoms. The Morgan fingerprint density at radius 3 is 2.90 bits per heavy atom. The SMILES string of the molecule is CN1CCC(Oc2ccc(-c3cc(N)on3)cc2Cl)C1. The first kappa shape index (κ1) is 13.3. The van der Waals surface area contributed by atoms with Crippen LogP contribution >= 0.6 is 11.6 Å². The Bertz CT molecular complexity index is 614. The first-order valence-corrected chi connectivity index (χ1v) is 6.87. The molecule has 1 fully saturated rings. The van der Waals surface area contributed by atoms with Crippen LogP contribution < -0.4 is 10.5 Å². The lowest BCUT2D eigenvalue weighted by molar-refractivity contribution is 0.208. The number of hydrogen-bond donors (Lipinski definition) is 1. The van der Waals surface area contributed by atoms with Gasteiger partial charge in [0.15, 0.2) is 0 Å². The number of rotatable bonds is 3. The van der Waals surface area contributed by atoms with Gasteiger partial charge in [-0.3, -0.25) is 0 Å². The van der Waals surface area contributed by atoms with Gasteiger partial charge in [-0.1, -0.05) is 16.8 Å². The number of hydrogen-bond acceptors (Lipinski definition) is 5. The van der Waals surface area contributed by atoms with E-state index < -0.39 is 0 Å². The fourth-order valence-electron chi connectivity index (χ4n) is 2.35. The molecular formula is C14H16ClN3O2. The first-order valence-electron chi connectivity index (χ1n) is 6.49. The average Bonchev–Trinajstić information content (AvgIpc) is 3.01. The molecule has 5 nitrogen and oxygen atoms in total. The van der Waals surface area contributed by atoms with E-state index in [1.807, 2.05) is 18.2 Å². The molecule has 1 aromatic carbocycles. The lowest BCUT2D eigenvalue weighted by Crippen LogP contribution is -2.21. The van der Waals surface area contributed by atoms with Crippen molar-refractivity contribution in [1.82, 2.24) is 10.1 Å². The molecule has 1 atom stereocenters. The van der Waals surface area contributed by atoms with Crippen molar-refractivity contribution in [2.24, 2.45) is 0 Å².